The van der Waals surface area contributed by atoms with Gasteiger partial charge < -0.3 is 4.90 Å². The van der Waals surface area contributed by atoms with Crippen LogP contribution < -0.4 is 4.90 Å². The first-order valence-corrected chi connectivity index (χ1v) is 9.92. The highest BCUT2D eigenvalue weighted by atomic mass is 35.5. The van der Waals surface area contributed by atoms with Crippen molar-refractivity contribution in [3.8, 4) is 11.1 Å². The Morgan fingerprint density at radius 3 is 2.50 bits per heavy atom. The molecule has 0 saturated carbocycles. The van der Waals surface area contributed by atoms with Crippen LogP contribution in [-0.4, -0.2) is 21.1 Å². The maximum atomic E-state index is 6.08. The molecule has 0 spiro atoms. The molecule has 140 valence electrons. The summed E-state index contributed by atoms with van der Waals surface area (Å²) in [7, 11) is 0. The fraction of sp³-hybridized carbons (Fsp3) is 0.217. The highest BCUT2D eigenvalue weighted by Gasteiger charge is 2.22. The maximum Gasteiger partial charge on any atom is 0.165 e. The van der Waals surface area contributed by atoms with E-state index in [4.69, 9.17) is 21.7 Å². The van der Waals surface area contributed by atoms with Crippen LogP contribution in [0.5, 0.6) is 0 Å². The van der Waals surface area contributed by atoms with E-state index in [0.717, 1.165) is 58.5 Å². The Kier molecular flexibility index (Phi) is 4.09. The molecule has 1 aliphatic rings. The number of hydrogen-bond donors (Lipinski definition) is 0. The molecular weight excluding hydrogens is 368 g/mol. The molecule has 0 atom stereocenters. The number of fused-ring (bicyclic) bond motifs is 2. The number of halogens is 1. The molecule has 4 aromatic rings. The SMILES string of the molecule is Cc1cc(N2CCc3ccccc3C2)n2nc(C)c(-c3ccc(Cl)cc3)c2n1. The summed E-state index contributed by atoms with van der Waals surface area (Å²) >= 11 is 6.08. The fourth-order valence-corrected chi connectivity index (χ4v) is 4.22. The summed E-state index contributed by atoms with van der Waals surface area (Å²) in [5.74, 6) is 1.10. The predicted octanol–water partition coefficient (Wildman–Crippen LogP) is 5.23. The molecule has 3 heterocycles. The second kappa shape index (κ2) is 6.64. The van der Waals surface area contributed by atoms with Gasteiger partial charge in [-0.1, -0.05) is 48.0 Å². The van der Waals surface area contributed by atoms with Crippen LogP contribution in [0.3, 0.4) is 0 Å². The van der Waals surface area contributed by atoms with Gasteiger partial charge in [0.15, 0.2) is 5.65 Å². The van der Waals surface area contributed by atoms with Crippen LogP contribution in [0, 0.1) is 13.8 Å². The minimum Gasteiger partial charge on any atom is -0.352 e. The van der Waals surface area contributed by atoms with Gasteiger partial charge in [-0.15, -0.1) is 0 Å². The van der Waals surface area contributed by atoms with E-state index in [-0.39, 0.29) is 0 Å². The van der Waals surface area contributed by atoms with Crippen LogP contribution in [0.2, 0.25) is 5.02 Å². The molecule has 2 aromatic carbocycles. The zero-order valence-electron chi connectivity index (χ0n) is 16.0. The molecule has 5 rings (SSSR count). The van der Waals surface area contributed by atoms with Crippen molar-refractivity contribution >= 4 is 23.1 Å². The lowest BCUT2D eigenvalue weighted by atomic mass is 10.00. The zero-order chi connectivity index (χ0) is 19.3. The van der Waals surface area contributed by atoms with E-state index in [1.54, 1.807) is 0 Å². The Morgan fingerprint density at radius 2 is 1.71 bits per heavy atom. The lowest BCUT2D eigenvalue weighted by molar-refractivity contribution is 0.700. The Labute approximate surface area is 169 Å². The van der Waals surface area contributed by atoms with Gasteiger partial charge in [-0.2, -0.15) is 9.61 Å². The Morgan fingerprint density at radius 1 is 0.964 bits per heavy atom. The third-order valence-corrected chi connectivity index (χ3v) is 5.71. The Bertz CT molecular complexity index is 1180. The Balaban J connectivity index is 1.65. The van der Waals surface area contributed by atoms with Gasteiger partial charge >= 0.3 is 0 Å². The smallest absolute Gasteiger partial charge is 0.165 e. The van der Waals surface area contributed by atoms with Crippen molar-refractivity contribution in [3.63, 3.8) is 0 Å². The van der Waals surface area contributed by atoms with Crippen LogP contribution >= 0.6 is 11.6 Å². The van der Waals surface area contributed by atoms with Crippen molar-refractivity contribution in [2.45, 2.75) is 26.8 Å². The lowest BCUT2D eigenvalue weighted by Crippen LogP contribution is -2.32. The molecular formula is C23H21ClN4. The van der Waals surface area contributed by atoms with Gasteiger partial charge in [0.25, 0.3) is 0 Å². The first-order chi connectivity index (χ1) is 13.6. The molecule has 0 N–H and O–H groups in total. The van der Waals surface area contributed by atoms with Crippen LogP contribution in [-0.2, 0) is 13.0 Å². The van der Waals surface area contributed by atoms with Gasteiger partial charge in [-0.25, -0.2) is 4.98 Å². The summed E-state index contributed by atoms with van der Waals surface area (Å²) in [5.41, 5.74) is 7.85. The van der Waals surface area contributed by atoms with Crippen LogP contribution in [0.1, 0.15) is 22.5 Å². The van der Waals surface area contributed by atoms with E-state index in [1.165, 1.54) is 11.1 Å². The zero-order valence-corrected chi connectivity index (χ0v) is 16.7. The van der Waals surface area contributed by atoms with Crippen molar-refractivity contribution in [1.82, 2.24) is 14.6 Å². The molecule has 4 nitrogen and oxygen atoms in total. The molecule has 0 radical (unpaired) electrons. The average Bonchev–Trinajstić information content (AvgIpc) is 3.03. The summed E-state index contributed by atoms with van der Waals surface area (Å²) in [6, 6.07) is 18.7. The molecule has 0 aliphatic carbocycles. The Hall–Kier alpha value is -2.85. The van der Waals surface area contributed by atoms with Crippen LogP contribution in [0.4, 0.5) is 5.82 Å². The quantitative estimate of drug-likeness (QED) is 0.471. The number of hydrogen-bond acceptors (Lipinski definition) is 3. The molecule has 28 heavy (non-hydrogen) atoms. The molecule has 2 aromatic heterocycles. The average molecular weight is 389 g/mol. The monoisotopic (exact) mass is 388 g/mol. The van der Waals surface area contributed by atoms with Gasteiger partial charge in [0.2, 0.25) is 0 Å². The van der Waals surface area contributed by atoms with E-state index >= 15 is 0 Å². The van der Waals surface area contributed by atoms with Gasteiger partial charge in [0.05, 0.1) is 5.69 Å². The predicted molar refractivity (Wildman–Crippen MR) is 114 cm³/mol. The number of rotatable bonds is 2. The van der Waals surface area contributed by atoms with Crippen molar-refractivity contribution in [2.75, 3.05) is 11.4 Å². The van der Waals surface area contributed by atoms with Crippen LogP contribution in [0.25, 0.3) is 16.8 Å². The fourth-order valence-electron chi connectivity index (χ4n) is 4.10. The van der Waals surface area contributed by atoms with E-state index in [0.29, 0.717) is 0 Å². The molecule has 1 aliphatic heterocycles. The van der Waals surface area contributed by atoms with Gasteiger partial charge in [-0.3, -0.25) is 0 Å². The van der Waals surface area contributed by atoms with E-state index in [2.05, 4.69) is 42.2 Å². The molecule has 0 unspecified atom stereocenters. The van der Waals surface area contributed by atoms with Gasteiger partial charge in [0.1, 0.15) is 5.82 Å². The normalized spacial score (nSPS) is 13.8. The number of nitrogens with zero attached hydrogens (tertiary/aromatic N) is 4. The molecule has 5 heteroatoms. The molecule has 0 fully saturated rings. The summed E-state index contributed by atoms with van der Waals surface area (Å²) in [6.07, 6.45) is 1.04. The van der Waals surface area contributed by atoms with Crippen molar-refractivity contribution in [1.29, 1.82) is 0 Å². The first-order valence-electron chi connectivity index (χ1n) is 9.55. The number of aryl methyl sites for hydroxylation is 2. The number of aromatic nitrogens is 3. The second-order valence-electron chi connectivity index (χ2n) is 7.40. The summed E-state index contributed by atoms with van der Waals surface area (Å²) in [5, 5.41) is 5.59. The standard InChI is InChI=1S/C23H21ClN4/c1-15-13-21(27-12-11-17-5-3-4-6-19(17)14-27)28-23(25-15)22(16(2)26-28)18-7-9-20(24)10-8-18/h3-10,13H,11-12,14H2,1-2H3. The number of anilines is 1. The number of benzene rings is 2. The van der Waals surface area contributed by atoms with Crippen LogP contribution in [0.15, 0.2) is 54.6 Å². The van der Waals surface area contributed by atoms with E-state index in [9.17, 15) is 0 Å². The van der Waals surface area contributed by atoms with Crippen molar-refractivity contribution in [2.24, 2.45) is 0 Å². The second-order valence-corrected chi connectivity index (χ2v) is 7.84. The summed E-state index contributed by atoms with van der Waals surface area (Å²) in [6.45, 7) is 5.97. The van der Waals surface area contributed by atoms with Crippen molar-refractivity contribution in [3.05, 3.63) is 82.1 Å². The largest absolute Gasteiger partial charge is 0.352 e. The summed E-state index contributed by atoms with van der Waals surface area (Å²) in [4.78, 5) is 7.24. The molecule has 0 bridgehead atoms. The summed E-state index contributed by atoms with van der Waals surface area (Å²) < 4.78 is 2.00. The highest BCUT2D eigenvalue weighted by Crippen LogP contribution is 2.32. The maximum absolute atomic E-state index is 6.08. The first kappa shape index (κ1) is 17.3. The molecule has 0 saturated heterocycles. The minimum atomic E-state index is 0.731. The topological polar surface area (TPSA) is 33.4 Å². The van der Waals surface area contributed by atoms with Gasteiger partial charge in [-0.05, 0) is 49.1 Å². The third-order valence-electron chi connectivity index (χ3n) is 5.46. The van der Waals surface area contributed by atoms with Crippen molar-refractivity contribution < 1.29 is 0 Å². The highest BCUT2D eigenvalue weighted by molar-refractivity contribution is 6.30. The van der Waals surface area contributed by atoms with E-state index in [1.807, 2.05) is 35.7 Å². The lowest BCUT2D eigenvalue weighted by Gasteiger charge is -2.30. The van der Waals surface area contributed by atoms with Gasteiger partial charge in [0, 0.05) is 35.4 Å². The third kappa shape index (κ3) is 2.85. The van der Waals surface area contributed by atoms with E-state index < -0.39 is 0 Å². The minimum absolute atomic E-state index is 0.731. The molecule has 0 amide bonds.